The molecule has 41 heavy (non-hydrogen) atoms. The lowest BCUT2D eigenvalue weighted by Gasteiger charge is -2.37. The molecule has 3 aromatic rings. The molecule has 0 aliphatic carbocycles. The molecular weight excluding hydrogens is 508 g/mol. The van der Waals surface area contributed by atoms with Gasteiger partial charge < -0.3 is 19.7 Å². The molecule has 5 nitrogen and oxygen atoms in total. The maximum absolute atomic E-state index is 13.2. The van der Waals surface area contributed by atoms with Crippen LogP contribution in [0.25, 0.3) is 0 Å². The largest absolute Gasteiger partial charge is 0.456 e. The molecule has 0 fully saturated rings. The Labute approximate surface area is 246 Å². The normalized spacial score (nSPS) is 16.5. The number of carbonyl (C=O) groups excluding carboxylic acids is 1. The highest BCUT2D eigenvalue weighted by Crippen LogP contribution is 2.57. The van der Waals surface area contributed by atoms with Crippen LogP contribution in [0.5, 0.6) is 11.5 Å². The second kappa shape index (κ2) is 13.5. The number of esters is 1. The van der Waals surface area contributed by atoms with Crippen molar-refractivity contribution in [3.63, 3.8) is 0 Å². The summed E-state index contributed by atoms with van der Waals surface area (Å²) in [7, 11) is 0. The van der Waals surface area contributed by atoms with Crippen molar-refractivity contribution < 1.29 is 14.3 Å². The molecule has 5 rings (SSSR count). The third-order valence-electron chi connectivity index (χ3n) is 8.68. The zero-order valence-corrected chi connectivity index (χ0v) is 25.1. The molecule has 2 heterocycles. The van der Waals surface area contributed by atoms with Gasteiger partial charge in [-0.1, -0.05) is 82.9 Å². The fourth-order valence-electron chi connectivity index (χ4n) is 6.40. The predicted octanol–water partition coefficient (Wildman–Crippen LogP) is 9.43. The summed E-state index contributed by atoms with van der Waals surface area (Å²) in [5.74, 6) is 1.16. The number of fused-ring (bicyclic) bond motifs is 6. The van der Waals surface area contributed by atoms with Crippen LogP contribution in [0.15, 0.2) is 60.7 Å². The second-order valence-electron chi connectivity index (χ2n) is 11.4. The molecule has 0 bridgehead atoms. The quantitative estimate of drug-likeness (QED) is 0.150. The highest BCUT2D eigenvalue weighted by atomic mass is 16.6. The first-order valence-corrected chi connectivity index (χ1v) is 15.9. The summed E-state index contributed by atoms with van der Waals surface area (Å²) in [6.45, 7) is 9.31. The lowest BCUT2D eigenvalue weighted by Crippen LogP contribution is -2.33. The van der Waals surface area contributed by atoms with E-state index in [0.29, 0.717) is 5.56 Å². The lowest BCUT2D eigenvalue weighted by molar-refractivity contribution is 0.0224. The SMILES string of the molecule is CCCCCCCCCCCCNc1ccc2c(c1)C1(OC(=O)c3ccccc31)c1ccc(N(CC)CC)cc1O2. The fourth-order valence-corrected chi connectivity index (χ4v) is 6.40. The van der Waals surface area contributed by atoms with Crippen LogP contribution in [0.3, 0.4) is 0 Å². The number of hydrogen-bond acceptors (Lipinski definition) is 5. The summed E-state index contributed by atoms with van der Waals surface area (Å²) in [6.07, 6.45) is 13.2. The zero-order valence-electron chi connectivity index (χ0n) is 25.1. The van der Waals surface area contributed by atoms with Gasteiger partial charge in [0, 0.05) is 53.8 Å². The average Bonchev–Trinajstić information content (AvgIpc) is 3.29. The van der Waals surface area contributed by atoms with Crippen LogP contribution < -0.4 is 15.0 Å². The highest BCUT2D eigenvalue weighted by molar-refractivity contribution is 5.97. The highest BCUT2D eigenvalue weighted by Gasteiger charge is 2.53. The van der Waals surface area contributed by atoms with Crippen molar-refractivity contribution in [1.29, 1.82) is 0 Å². The Hall–Kier alpha value is -3.47. The standard InChI is InChI=1S/C36H46N2O3/c1-4-7-8-9-10-11-12-13-14-17-24-37-27-20-23-33-32(25-27)36(30-19-16-15-18-29(30)35(39)41-36)31-22-21-28(26-34(31)40-33)38(5-2)6-3/h15-16,18-23,25-26,37H,4-14,17,24H2,1-3H3. The van der Waals surface area contributed by atoms with Crippen molar-refractivity contribution in [2.75, 3.05) is 29.9 Å². The fraction of sp³-hybridized carbons (Fsp3) is 0.472. The van der Waals surface area contributed by atoms with Crippen molar-refractivity contribution in [3.8, 4) is 11.5 Å². The molecule has 2 aliphatic rings. The van der Waals surface area contributed by atoms with Gasteiger partial charge in [-0.3, -0.25) is 0 Å². The molecule has 0 radical (unpaired) electrons. The Bertz CT molecular complexity index is 1330. The van der Waals surface area contributed by atoms with Gasteiger partial charge in [0.05, 0.1) is 5.56 Å². The number of rotatable bonds is 15. The van der Waals surface area contributed by atoms with E-state index in [4.69, 9.17) is 9.47 Å². The van der Waals surface area contributed by atoms with E-state index in [1.807, 2.05) is 30.3 Å². The van der Waals surface area contributed by atoms with Crippen LogP contribution in [-0.4, -0.2) is 25.6 Å². The lowest BCUT2D eigenvalue weighted by atomic mass is 9.77. The predicted molar refractivity (Wildman–Crippen MR) is 169 cm³/mol. The van der Waals surface area contributed by atoms with E-state index in [9.17, 15) is 4.79 Å². The van der Waals surface area contributed by atoms with Gasteiger partial charge in [-0.15, -0.1) is 0 Å². The van der Waals surface area contributed by atoms with E-state index in [1.165, 1.54) is 57.8 Å². The summed E-state index contributed by atoms with van der Waals surface area (Å²) in [4.78, 5) is 15.5. The molecule has 1 N–H and O–H groups in total. The van der Waals surface area contributed by atoms with Crippen LogP contribution >= 0.6 is 0 Å². The van der Waals surface area contributed by atoms with Gasteiger partial charge in [-0.25, -0.2) is 4.79 Å². The molecule has 0 saturated heterocycles. The number of nitrogens with one attached hydrogen (secondary N) is 1. The molecule has 1 spiro atoms. The van der Waals surface area contributed by atoms with Crippen molar-refractivity contribution >= 4 is 17.3 Å². The van der Waals surface area contributed by atoms with Gasteiger partial charge in [-0.05, 0) is 56.7 Å². The van der Waals surface area contributed by atoms with Crippen molar-refractivity contribution in [2.24, 2.45) is 0 Å². The van der Waals surface area contributed by atoms with E-state index in [0.717, 1.165) is 65.6 Å². The van der Waals surface area contributed by atoms with Crippen LogP contribution in [0.2, 0.25) is 0 Å². The molecule has 3 aromatic carbocycles. The van der Waals surface area contributed by atoms with Gasteiger partial charge in [0.1, 0.15) is 11.5 Å². The van der Waals surface area contributed by atoms with Crippen LogP contribution in [-0.2, 0) is 10.3 Å². The number of hydrogen-bond donors (Lipinski definition) is 1. The molecular formula is C36H46N2O3. The minimum Gasteiger partial charge on any atom is -0.456 e. The summed E-state index contributed by atoms with van der Waals surface area (Å²) in [5, 5.41) is 3.62. The molecule has 0 saturated carbocycles. The number of unbranched alkanes of at least 4 members (excludes halogenated alkanes) is 9. The van der Waals surface area contributed by atoms with Crippen LogP contribution in [0.1, 0.15) is 112 Å². The molecule has 1 unspecified atom stereocenters. The summed E-state index contributed by atoms with van der Waals surface area (Å²) < 4.78 is 12.9. The van der Waals surface area contributed by atoms with E-state index < -0.39 is 5.60 Å². The summed E-state index contributed by atoms with van der Waals surface area (Å²) >= 11 is 0. The average molecular weight is 555 g/mol. The topological polar surface area (TPSA) is 50.8 Å². The van der Waals surface area contributed by atoms with Crippen LogP contribution in [0.4, 0.5) is 11.4 Å². The monoisotopic (exact) mass is 554 g/mol. The number of carbonyl (C=O) groups is 1. The van der Waals surface area contributed by atoms with Gasteiger partial charge >= 0.3 is 5.97 Å². The van der Waals surface area contributed by atoms with E-state index in [1.54, 1.807) is 0 Å². The molecule has 0 amide bonds. The van der Waals surface area contributed by atoms with E-state index in [2.05, 4.69) is 61.3 Å². The third-order valence-corrected chi connectivity index (χ3v) is 8.68. The molecule has 0 aromatic heterocycles. The first kappa shape index (κ1) is 29.0. The van der Waals surface area contributed by atoms with Gasteiger partial charge in [0.2, 0.25) is 0 Å². The number of benzene rings is 3. The van der Waals surface area contributed by atoms with Gasteiger partial charge in [0.15, 0.2) is 5.60 Å². The zero-order chi connectivity index (χ0) is 28.7. The van der Waals surface area contributed by atoms with E-state index in [-0.39, 0.29) is 5.97 Å². The minimum absolute atomic E-state index is 0.295. The maximum Gasteiger partial charge on any atom is 0.340 e. The third kappa shape index (κ3) is 5.95. The van der Waals surface area contributed by atoms with Gasteiger partial charge in [-0.2, -0.15) is 0 Å². The smallest absolute Gasteiger partial charge is 0.340 e. The maximum atomic E-state index is 13.2. The number of ether oxygens (including phenoxy) is 2. The first-order valence-electron chi connectivity index (χ1n) is 15.9. The summed E-state index contributed by atoms with van der Waals surface area (Å²) in [6, 6.07) is 20.2. The second-order valence-corrected chi connectivity index (χ2v) is 11.4. The Morgan fingerprint density at radius 1 is 0.707 bits per heavy atom. The molecule has 2 aliphatic heterocycles. The minimum atomic E-state index is -1.03. The molecule has 1 atom stereocenters. The van der Waals surface area contributed by atoms with Crippen molar-refractivity contribution in [3.05, 3.63) is 82.9 Å². The van der Waals surface area contributed by atoms with Crippen LogP contribution in [0, 0.1) is 0 Å². The summed E-state index contributed by atoms with van der Waals surface area (Å²) in [5.41, 5.74) is 4.30. The Kier molecular flexibility index (Phi) is 9.53. The first-order chi connectivity index (χ1) is 20.1. The number of nitrogens with zero attached hydrogens (tertiary/aromatic N) is 1. The number of anilines is 2. The Morgan fingerprint density at radius 2 is 1.41 bits per heavy atom. The molecule has 218 valence electrons. The Morgan fingerprint density at radius 3 is 2.15 bits per heavy atom. The van der Waals surface area contributed by atoms with Gasteiger partial charge in [0.25, 0.3) is 0 Å². The van der Waals surface area contributed by atoms with Crippen molar-refractivity contribution in [2.45, 2.75) is 90.6 Å². The molecule has 5 heteroatoms. The van der Waals surface area contributed by atoms with Crippen molar-refractivity contribution in [1.82, 2.24) is 0 Å². The Balaban J connectivity index is 1.33. The van der Waals surface area contributed by atoms with E-state index >= 15 is 0 Å².